The Hall–Kier alpha value is -2.11. The number of piperidine rings is 1. The topological polar surface area (TPSA) is 74.3 Å². The second-order valence-corrected chi connectivity index (χ2v) is 5.56. The summed E-state index contributed by atoms with van der Waals surface area (Å²) >= 11 is 0. The molecule has 0 aliphatic carbocycles. The third kappa shape index (κ3) is 3.96. The predicted molar refractivity (Wildman–Crippen MR) is 85.9 cm³/mol. The number of hydrogen-bond donors (Lipinski definition) is 2. The van der Waals surface area contributed by atoms with E-state index in [-0.39, 0.29) is 17.9 Å². The van der Waals surface area contributed by atoms with Crippen LogP contribution in [-0.2, 0) is 4.79 Å². The van der Waals surface area contributed by atoms with Crippen LogP contribution in [0.25, 0.3) is 0 Å². The molecule has 0 spiro atoms. The number of nitrogens with zero attached hydrogens (tertiary/aromatic N) is 2. The first kappa shape index (κ1) is 16.3. The van der Waals surface area contributed by atoms with E-state index in [1.54, 1.807) is 25.4 Å². The highest BCUT2D eigenvalue weighted by atomic mass is 16.2. The molecule has 1 aliphatic heterocycles. The van der Waals surface area contributed by atoms with E-state index in [1.165, 1.54) is 0 Å². The van der Waals surface area contributed by atoms with Gasteiger partial charge in [0.1, 0.15) is 5.82 Å². The summed E-state index contributed by atoms with van der Waals surface area (Å²) < 4.78 is 0. The summed E-state index contributed by atoms with van der Waals surface area (Å²) in [6.45, 7) is 3.54. The Bertz CT molecular complexity index is 533. The Labute approximate surface area is 131 Å². The van der Waals surface area contributed by atoms with Crippen LogP contribution in [0.15, 0.2) is 18.3 Å². The number of hydrogen-bond acceptors (Lipinski definition) is 4. The van der Waals surface area contributed by atoms with Gasteiger partial charge in [0.2, 0.25) is 5.91 Å². The van der Waals surface area contributed by atoms with Crippen LogP contribution < -0.4 is 15.5 Å². The highest BCUT2D eigenvalue weighted by Crippen LogP contribution is 2.21. The molecule has 0 saturated carbocycles. The molecule has 6 heteroatoms. The van der Waals surface area contributed by atoms with E-state index in [0.29, 0.717) is 24.3 Å². The normalized spacial score (nSPS) is 17.9. The Morgan fingerprint density at radius 2 is 2.27 bits per heavy atom. The molecule has 0 bridgehead atoms. The Morgan fingerprint density at radius 1 is 1.45 bits per heavy atom. The molecule has 2 amide bonds. The van der Waals surface area contributed by atoms with Gasteiger partial charge in [-0.05, 0) is 31.4 Å². The SMILES string of the molecule is CCCC(=O)NC1CCCN(c2ncccc2C(=O)NC)C1. The van der Waals surface area contributed by atoms with Gasteiger partial charge < -0.3 is 15.5 Å². The van der Waals surface area contributed by atoms with Crippen molar-refractivity contribution < 1.29 is 9.59 Å². The van der Waals surface area contributed by atoms with Crippen LogP contribution in [0.3, 0.4) is 0 Å². The predicted octanol–water partition coefficient (Wildman–Crippen LogP) is 1.33. The summed E-state index contributed by atoms with van der Waals surface area (Å²) in [6.07, 6.45) is 5.04. The van der Waals surface area contributed by atoms with Crippen LogP contribution >= 0.6 is 0 Å². The van der Waals surface area contributed by atoms with E-state index in [0.717, 1.165) is 25.8 Å². The Kier molecular flexibility index (Phi) is 5.75. The minimum absolute atomic E-state index is 0.0990. The summed E-state index contributed by atoms with van der Waals surface area (Å²) in [5.74, 6) is 0.651. The molecule has 22 heavy (non-hydrogen) atoms. The van der Waals surface area contributed by atoms with E-state index >= 15 is 0 Å². The van der Waals surface area contributed by atoms with Crippen molar-refractivity contribution in [2.24, 2.45) is 0 Å². The molecule has 1 saturated heterocycles. The maximum Gasteiger partial charge on any atom is 0.254 e. The standard InChI is InChI=1S/C16H24N4O2/c1-3-6-14(21)19-12-7-5-10-20(11-12)15-13(16(22)17-2)8-4-9-18-15/h4,8-9,12H,3,5-7,10-11H2,1-2H3,(H,17,22)(H,19,21). The lowest BCUT2D eigenvalue weighted by molar-refractivity contribution is -0.121. The van der Waals surface area contributed by atoms with Crippen LogP contribution in [0.1, 0.15) is 43.0 Å². The molecule has 0 aromatic carbocycles. The molecule has 120 valence electrons. The van der Waals surface area contributed by atoms with Crippen LogP contribution in [0.4, 0.5) is 5.82 Å². The molecule has 1 aliphatic rings. The molecule has 1 aromatic heterocycles. The van der Waals surface area contributed by atoms with Crippen molar-refractivity contribution in [2.75, 3.05) is 25.0 Å². The molecule has 1 atom stereocenters. The van der Waals surface area contributed by atoms with Crippen LogP contribution in [-0.4, -0.2) is 43.0 Å². The van der Waals surface area contributed by atoms with Gasteiger partial charge in [-0.3, -0.25) is 9.59 Å². The molecule has 2 rings (SSSR count). The largest absolute Gasteiger partial charge is 0.355 e. The molecular weight excluding hydrogens is 280 g/mol. The average Bonchev–Trinajstić information content (AvgIpc) is 2.54. The van der Waals surface area contributed by atoms with Crippen molar-refractivity contribution in [1.29, 1.82) is 0 Å². The van der Waals surface area contributed by atoms with Crippen molar-refractivity contribution in [3.8, 4) is 0 Å². The maximum atomic E-state index is 12.0. The number of amides is 2. The quantitative estimate of drug-likeness (QED) is 0.860. The third-order valence-electron chi connectivity index (χ3n) is 3.82. The highest BCUT2D eigenvalue weighted by Gasteiger charge is 2.25. The van der Waals surface area contributed by atoms with Crippen molar-refractivity contribution in [3.05, 3.63) is 23.9 Å². The van der Waals surface area contributed by atoms with Gasteiger partial charge in [-0.2, -0.15) is 0 Å². The smallest absolute Gasteiger partial charge is 0.254 e. The fourth-order valence-corrected chi connectivity index (χ4v) is 2.78. The molecular formula is C16H24N4O2. The van der Waals surface area contributed by atoms with Crippen molar-refractivity contribution >= 4 is 17.6 Å². The number of carbonyl (C=O) groups excluding carboxylic acids is 2. The minimum atomic E-state index is -0.139. The number of carbonyl (C=O) groups is 2. The summed E-state index contributed by atoms with van der Waals surface area (Å²) in [5.41, 5.74) is 0.575. The lowest BCUT2D eigenvalue weighted by Gasteiger charge is -2.34. The van der Waals surface area contributed by atoms with Crippen molar-refractivity contribution in [2.45, 2.75) is 38.6 Å². The molecule has 1 fully saturated rings. The number of nitrogens with one attached hydrogen (secondary N) is 2. The molecule has 2 N–H and O–H groups in total. The van der Waals surface area contributed by atoms with Crippen molar-refractivity contribution in [1.82, 2.24) is 15.6 Å². The zero-order chi connectivity index (χ0) is 15.9. The summed E-state index contributed by atoms with van der Waals surface area (Å²) in [5, 5.41) is 5.72. The average molecular weight is 304 g/mol. The number of aromatic nitrogens is 1. The van der Waals surface area contributed by atoms with Gasteiger partial charge in [-0.1, -0.05) is 6.92 Å². The third-order valence-corrected chi connectivity index (χ3v) is 3.82. The fourth-order valence-electron chi connectivity index (χ4n) is 2.78. The lowest BCUT2D eigenvalue weighted by Crippen LogP contribution is -2.48. The molecule has 1 unspecified atom stereocenters. The lowest BCUT2D eigenvalue weighted by atomic mass is 10.0. The van der Waals surface area contributed by atoms with E-state index < -0.39 is 0 Å². The van der Waals surface area contributed by atoms with E-state index in [1.807, 2.05) is 6.92 Å². The summed E-state index contributed by atoms with van der Waals surface area (Å²) in [4.78, 5) is 30.2. The highest BCUT2D eigenvalue weighted by molar-refractivity contribution is 5.98. The minimum Gasteiger partial charge on any atom is -0.355 e. The second kappa shape index (κ2) is 7.77. The second-order valence-electron chi connectivity index (χ2n) is 5.56. The molecule has 0 radical (unpaired) electrons. The van der Waals surface area contributed by atoms with Crippen LogP contribution in [0.5, 0.6) is 0 Å². The monoisotopic (exact) mass is 304 g/mol. The number of pyridine rings is 1. The van der Waals surface area contributed by atoms with Gasteiger partial charge in [0.15, 0.2) is 0 Å². The zero-order valence-electron chi connectivity index (χ0n) is 13.3. The van der Waals surface area contributed by atoms with E-state index in [2.05, 4.69) is 20.5 Å². The van der Waals surface area contributed by atoms with Gasteiger partial charge >= 0.3 is 0 Å². The van der Waals surface area contributed by atoms with E-state index in [4.69, 9.17) is 0 Å². The van der Waals surface area contributed by atoms with Crippen molar-refractivity contribution in [3.63, 3.8) is 0 Å². The Morgan fingerprint density at radius 3 is 3.00 bits per heavy atom. The number of rotatable bonds is 5. The maximum absolute atomic E-state index is 12.0. The van der Waals surface area contributed by atoms with Gasteiger partial charge in [0.05, 0.1) is 5.56 Å². The molecule has 1 aromatic rings. The first-order valence-corrected chi connectivity index (χ1v) is 7.87. The number of anilines is 1. The van der Waals surface area contributed by atoms with E-state index in [9.17, 15) is 9.59 Å². The molecule has 6 nitrogen and oxygen atoms in total. The molecule has 2 heterocycles. The Balaban J connectivity index is 2.09. The van der Waals surface area contributed by atoms with Crippen LogP contribution in [0.2, 0.25) is 0 Å². The summed E-state index contributed by atoms with van der Waals surface area (Å²) in [6, 6.07) is 3.66. The van der Waals surface area contributed by atoms with Crippen LogP contribution in [0, 0.1) is 0 Å². The first-order chi connectivity index (χ1) is 10.7. The van der Waals surface area contributed by atoms with Gasteiger partial charge in [-0.15, -0.1) is 0 Å². The summed E-state index contributed by atoms with van der Waals surface area (Å²) in [7, 11) is 1.61. The fraction of sp³-hybridized carbons (Fsp3) is 0.562. The van der Waals surface area contributed by atoms with Gasteiger partial charge in [0.25, 0.3) is 5.91 Å². The van der Waals surface area contributed by atoms with Gasteiger partial charge in [-0.25, -0.2) is 4.98 Å². The zero-order valence-corrected chi connectivity index (χ0v) is 13.3. The first-order valence-electron chi connectivity index (χ1n) is 7.87. The van der Waals surface area contributed by atoms with Gasteiger partial charge in [0, 0.05) is 38.8 Å².